The average molecular weight is 294 g/mol. The lowest BCUT2D eigenvalue weighted by Crippen LogP contribution is -2.23. The zero-order valence-electron chi connectivity index (χ0n) is 12.9. The van der Waals surface area contributed by atoms with Crippen LogP contribution >= 0.6 is 0 Å². The first kappa shape index (κ1) is 17.4. The Labute approximate surface area is 125 Å². The number of ether oxygens (including phenoxy) is 2. The van der Waals surface area contributed by atoms with Crippen LogP contribution in [0.1, 0.15) is 32.8 Å². The number of hydrogen-bond acceptors (Lipinski definition) is 3. The van der Waals surface area contributed by atoms with Crippen LogP contribution in [0.2, 0.25) is 0 Å². The van der Waals surface area contributed by atoms with Crippen molar-refractivity contribution in [3.8, 4) is 0 Å². The summed E-state index contributed by atoms with van der Waals surface area (Å²) in [6.07, 6.45) is 0.296. The van der Waals surface area contributed by atoms with E-state index in [1.54, 1.807) is 19.1 Å². The second-order valence-corrected chi connectivity index (χ2v) is 5.25. The molecule has 1 aromatic carbocycles. The van der Waals surface area contributed by atoms with Gasteiger partial charge in [-0.2, -0.15) is 0 Å². The van der Waals surface area contributed by atoms with Gasteiger partial charge in [-0.1, -0.05) is 32.6 Å². The van der Waals surface area contributed by atoms with Crippen LogP contribution in [0.25, 0.3) is 0 Å². The van der Waals surface area contributed by atoms with Crippen LogP contribution in [0, 0.1) is 11.7 Å². The van der Waals surface area contributed by atoms with E-state index in [9.17, 15) is 9.18 Å². The van der Waals surface area contributed by atoms with Gasteiger partial charge in [0.25, 0.3) is 0 Å². The lowest BCUT2D eigenvalue weighted by atomic mass is 10.00. The Morgan fingerprint density at radius 1 is 1.29 bits per heavy atom. The number of hydrogen-bond donors (Lipinski definition) is 0. The van der Waals surface area contributed by atoms with E-state index >= 15 is 0 Å². The molecule has 1 atom stereocenters. The Balaban J connectivity index is 2.55. The van der Waals surface area contributed by atoms with Crippen LogP contribution in [0.4, 0.5) is 4.39 Å². The molecule has 0 aromatic heterocycles. The molecular formula is C17H23FO3. The molecule has 1 aromatic rings. The van der Waals surface area contributed by atoms with Crippen LogP contribution in [-0.2, 0) is 20.9 Å². The molecule has 0 heterocycles. The fourth-order valence-corrected chi connectivity index (χ4v) is 1.83. The van der Waals surface area contributed by atoms with E-state index in [1.807, 2.05) is 13.8 Å². The highest BCUT2D eigenvalue weighted by molar-refractivity contribution is 5.87. The lowest BCUT2D eigenvalue weighted by molar-refractivity contribution is -0.139. The lowest BCUT2D eigenvalue weighted by Gasteiger charge is -2.22. The smallest absolute Gasteiger partial charge is 0.333 e. The van der Waals surface area contributed by atoms with Crippen molar-refractivity contribution >= 4 is 5.97 Å². The number of carbonyl (C=O) groups is 1. The third-order valence-electron chi connectivity index (χ3n) is 3.13. The molecule has 4 heteroatoms. The molecule has 0 spiro atoms. The van der Waals surface area contributed by atoms with Crippen LogP contribution in [-0.4, -0.2) is 18.7 Å². The highest BCUT2D eigenvalue weighted by Gasteiger charge is 2.19. The van der Waals surface area contributed by atoms with Crippen molar-refractivity contribution in [1.82, 2.24) is 0 Å². The Kier molecular flexibility index (Phi) is 7.09. The van der Waals surface area contributed by atoms with E-state index in [-0.39, 0.29) is 23.8 Å². The number of esters is 1. The molecule has 1 rings (SSSR count). The highest BCUT2D eigenvalue weighted by Crippen LogP contribution is 2.18. The summed E-state index contributed by atoms with van der Waals surface area (Å²) in [7, 11) is 0. The van der Waals surface area contributed by atoms with Gasteiger partial charge in [0, 0.05) is 12.0 Å². The first-order valence-corrected chi connectivity index (χ1v) is 7.15. The molecule has 3 nitrogen and oxygen atoms in total. The normalized spacial score (nSPS) is 12.2. The molecule has 0 radical (unpaired) electrons. The Bertz CT molecular complexity index is 465. The number of rotatable bonds is 8. The van der Waals surface area contributed by atoms with Crippen molar-refractivity contribution in [3.63, 3.8) is 0 Å². The number of carbonyl (C=O) groups excluding carboxylic acids is 1. The van der Waals surface area contributed by atoms with Crippen molar-refractivity contribution in [1.29, 1.82) is 0 Å². The summed E-state index contributed by atoms with van der Waals surface area (Å²) in [5, 5.41) is 0. The second-order valence-electron chi connectivity index (χ2n) is 5.25. The maximum atomic E-state index is 12.8. The molecule has 0 aliphatic heterocycles. The summed E-state index contributed by atoms with van der Waals surface area (Å²) in [5.74, 6) is -0.417. The Hall–Kier alpha value is -1.68. The van der Waals surface area contributed by atoms with E-state index in [0.717, 1.165) is 5.56 Å². The zero-order valence-corrected chi connectivity index (χ0v) is 12.9. The van der Waals surface area contributed by atoms with Crippen molar-refractivity contribution < 1.29 is 18.7 Å². The van der Waals surface area contributed by atoms with Gasteiger partial charge >= 0.3 is 5.97 Å². The molecule has 0 saturated heterocycles. The fraction of sp³-hybridized carbons (Fsp3) is 0.471. The first-order chi connectivity index (χ1) is 9.93. The molecule has 0 aliphatic carbocycles. The molecule has 1 unspecified atom stereocenters. The van der Waals surface area contributed by atoms with Gasteiger partial charge in [-0.05, 0) is 30.5 Å². The van der Waals surface area contributed by atoms with Crippen LogP contribution in [0.5, 0.6) is 0 Å². The van der Waals surface area contributed by atoms with E-state index in [2.05, 4.69) is 6.58 Å². The van der Waals surface area contributed by atoms with Crippen LogP contribution in [0.15, 0.2) is 36.4 Å². The summed E-state index contributed by atoms with van der Waals surface area (Å²) in [4.78, 5) is 11.6. The van der Waals surface area contributed by atoms with E-state index in [1.165, 1.54) is 12.1 Å². The molecule has 0 fully saturated rings. The first-order valence-electron chi connectivity index (χ1n) is 7.15. The minimum absolute atomic E-state index is 0.132. The van der Waals surface area contributed by atoms with Crippen molar-refractivity contribution in [3.05, 3.63) is 47.8 Å². The minimum Gasteiger partial charge on any atom is -0.463 e. The quantitative estimate of drug-likeness (QED) is 0.539. The molecule has 116 valence electrons. The molecule has 0 bridgehead atoms. The largest absolute Gasteiger partial charge is 0.463 e. The maximum Gasteiger partial charge on any atom is 0.333 e. The van der Waals surface area contributed by atoms with Gasteiger partial charge in [0.2, 0.25) is 0 Å². The Morgan fingerprint density at radius 2 is 1.90 bits per heavy atom. The number of halogens is 1. The van der Waals surface area contributed by atoms with Gasteiger partial charge in [-0.15, -0.1) is 0 Å². The monoisotopic (exact) mass is 294 g/mol. The summed E-state index contributed by atoms with van der Waals surface area (Å²) >= 11 is 0. The van der Waals surface area contributed by atoms with Crippen molar-refractivity contribution in [2.45, 2.75) is 39.9 Å². The predicted molar refractivity (Wildman–Crippen MR) is 80.2 cm³/mol. The molecular weight excluding hydrogens is 271 g/mol. The van der Waals surface area contributed by atoms with Crippen LogP contribution in [0.3, 0.4) is 0 Å². The topological polar surface area (TPSA) is 35.5 Å². The second kappa shape index (κ2) is 8.57. The fourth-order valence-electron chi connectivity index (χ4n) is 1.83. The molecule has 21 heavy (non-hydrogen) atoms. The van der Waals surface area contributed by atoms with Crippen molar-refractivity contribution in [2.24, 2.45) is 5.92 Å². The highest BCUT2D eigenvalue weighted by atomic mass is 19.1. The number of benzene rings is 1. The summed E-state index contributed by atoms with van der Waals surface area (Å²) in [6, 6.07) is 6.18. The van der Waals surface area contributed by atoms with E-state index < -0.39 is 0 Å². The third-order valence-corrected chi connectivity index (χ3v) is 3.13. The van der Waals surface area contributed by atoms with Gasteiger partial charge in [-0.3, -0.25) is 0 Å². The van der Waals surface area contributed by atoms with Gasteiger partial charge in [-0.25, -0.2) is 9.18 Å². The van der Waals surface area contributed by atoms with Gasteiger partial charge in [0.05, 0.1) is 19.3 Å². The summed E-state index contributed by atoms with van der Waals surface area (Å²) in [5.41, 5.74) is 1.30. The Morgan fingerprint density at radius 3 is 2.43 bits per heavy atom. The van der Waals surface area contributed by atoms with Crippen LogP contribution < -0.4 is 0 Å². The SMILES string of the molecule is C=C(CC(OCc1ccc(F)cc1)C(C)C)C(=O)OCC. The molecule has 0 amide bonds. The average Bonchev–Trinajstić information content (AvgIpc) is 2.44. The van der Waals surface area contributed by atoms with Gasteiger partial charge in [0.15, 0.2) is 0 Å². The summed E-state index contributed by atoms with van der Waals surface area (Å²) < 4.78 is 23.6. The molecule has 0 N–H and O–H groups in total. The van der Waals surface area contributed by atoms with E-state index in [4.69, 9.17) is 9.47 Å². The third kappa shape index (κ3) is 6.08. The molecule has 0 aliphatic rings. The van der Waals surface area contributed by atoms with Crippen molar-refractivity contribution in [2.75, 3.05) is 6.61 Å². The molecule has 0 saturated carbocycles. The van der Waals surface area contributed by atoms with Gasteiger partial charge in [0.1, 0.15) is 5.82 Å². The minimum atomic E-state index is -0.381. The van der Waals surface area contributed by atoms with Gasteiger partial charge < -0.3 is 9.47 Å². The summed E-state index contributed by atoms with van der Waals surface area (Å²) in [6.45, 7) is 10.3. The maximum absolute atomic E-state index is 12.8. The zero-order chi connectivity index (χ0) is 15.8. The van der Waals surface area contributed by atoms with E-state index in [0.29, 0.717) is 25.2 Å². The standard InChI is InChI=1S/C17H23FO3/c1-5-20-17(19)13(4)10-16(12(2)3)21-11-14-6-8-15(18)9-7-14/h6-9,12,16H,4-5,10-11H2,1-3H3. The predicted octanol–water partition coefficient (Wildman–Crippen LogP) is 3.88.